The molecule has 0 saturated heterocycles. The number of hydrogen-bond acceptors (Lipinski definition) is 0. The van der Waals surface area contributed by atoms with E-state index in [1.54, 1.807) is 0 Å². The second kappa shape index (κ2) is 16.7. The van der Waals surface area contributed by atoms with E-state index in [4.69, 9.17) is 0 Å². The van der Waals surface area contributed by atoms with Crippen LogP contribution in [0, 0.1) is 23.7 Å². The van der Waals surface area contributed by atoms with Gasteiger partial charge in [-0.25, -0.2) is 48.3 Å². The summed E-state index contributed by atoms with van der Waals surface area (Å²) in [6.07, 6.45) is -14.5. The summed E-state index contributed by atoms with van der Waals surface area (Å²) in [5.41, 5.74) is -20.7. The predicted molar refractivity (Wildman–Crippen MR) is 137 cm³/mol. The largest absolute Gasteiger partial charge is 0.432 e. The number of hydrogen-bond donors (Lipinski definition) is 0. The predicted octanol–water partition coefficient (Wildman–Crippen LogP) is 12.2. The first-order valence-electron chi connectivity index (χ1n) is 14.3. The molecule has 0 amide bonds. The van der Waals surface area contributed by atoms with Gasteiger partial charge >= 0.3 is 23.7 Å². The van der Waals surface area contributed by atoms with Gasteiger partial charge in [-0.2, -0.15) is 26.3 Å². The Hall–Kier alpha value is -1.40. The third kappa shape index (κ3) is 8.55. The Balaban J connectivity index is 0. The zero-order valence-electron chi connectivity index (χ0n) is 26.7. The molecule has 8 atom stereocenters. The zero-order valence-corrected chi connectivity index (χ0v) is 26.7. The normalized spacial score (nSPS) is 38.4. The highest BCUT2D eigenvalue weighted by molar-refractivity contribution is 5.22. The molecular weight excluding hydrogens is 716 g/mol. The molecule has 0 aliphatic heterocycles. The highest BCUT2D eigenvalue weighted by atomic mass is 19.4. The Morgan fingerprint density at radius 2 is 1.04 bits per heavy atom. The van der Waals surface area contributed by atoms with Crippen molar-refractivity contribution in [3.05, 3.63) is 0 Å². The van der Waals surface area contributed by atoms with Crippen molar-refractivity contribution in [3.8, 4) is 0 Å². The van der Waals surface area contributed by atoms with Crippen LogP contribution in [0.25, 0.3) is 0 Å². The van der Waals surface area contributed by atoms with E-state index in [1.165, 1.54) is 12.8 Å². The van der Waals surface area contributed by atoms with Crippen molar-refractivity contribution < 1.29 is 87.8 Å². The fraction of sp³-hybridized carbons (Fsp3) is 1.00. The van der Waals surface area contributed by atoms with Crippen molar-refractivity contribution in [1.29, 1.82) is 0 Å². The van der Waals surface area contributed by atoms with Crippen LogP contribution < -0.4 is 0 Å². The average molecular weight is 757 g/mol. The first-order valence-corrected chi connectivity index (χ1v) is 14.3. The van der Waals surface area contributed by atoms with Gasteiger partial charge in [-0.15, -0.1) is 0 Å². The van der Waals surface area contributed by atoms with Gasteiger partial charge in [0, 0.05) is 18.8 Å². The molecular formula is C28H40F20. The van der Waals surface area contributed by atoms with Gasteiger partial charge in [0.15, 0.2) is 5.67 Å². The molecule has 0 heterocycles. The molecule has 292 valence electrons. The number of alkyl halides is 20. The zero-order chi connectivity index (χ0) is 39.2. The molecule has 0 spiro atoms. The first-order chi connectivity index (χ1) is 21.4. The maximum Gasteiger partial charge on any atom is 0.432 e. The van der Waals surface area contributed by atoms with E-state index in [0.717, 1.165) is 20.3 Å². The summed E-state index contributed by atoms with van der Waals surface area (Å²) >= 11 is 0. The summed E-state index contributed by atoms with van der Waals surface area (Å²) in [7, 11) is 1.00. The average Bonchev–Trinajstić information content (AvgIpc) is 3.39. The van der Waals surface area contributed by atoms with Crippen molar-refractivity contribution in [1.82, 2.24) is 0 Å². The molecule has 3 rings (SSSR count). The molecule has 0 N–H and O–H groups in total. The molecule has 3 saturated carbocycles. The Labute approximate surface area is 265 Å². The SMILES string of the molecule is CC1CC(F)(F)C(F)(C(F)(F)F)C(F)(CF)C1.CC1CCCC1CF.CCC1CC(F)(F)C(F)(C(F)(F)F)C(C)(F)C1(F)F.CF.CF. The lowest BCUT2D eigenvalue weighted by Crippen LogP contribution is -2.76. The third-order valence-corrected chi connectivity index (χ3v) is 8.91. The molecule has 0 aromatic carbocycles. The molecule has 3 aliphatic rings. The van der Waals surface area contributed by atoms with Gasteiger partial charge in [-0.3, -0.25) is 13.2 Å². The first kappa shape index (κ1) is 48.7. The maximum absolute atomic E-state index is 13.8. The Morgan fingerprint density at radius 1 is 0.625 bits per heavy atom. The highest BCUT2D eigenvalue weighted by Gasteiger charge is 2.89. The van der Waals surface area contributed by atoms with Crippen LogP contribution in [0.4, 0.5) is 87.8 Å². The molecule has 0 nitrogen and oxygen atoms in total. The topological polar surface area (TPSA) is 0 Å². The van der Waals surface area contributed by atoms with E-state index in [1.807, 2.05) is 0 Å². The number of halogens is 20. The van der Waals surface area contributed by atoms with Gasteiger partial charge in [0.25, 0.3) is 17.8 Å². The summed E-state index contributed by atoms with van der Waals surface area (Å²) in [6, 6.07) is 0. The summed E-state index contributed by atoms with van der Waals surface area (Å²) in [5, 5.41) is 0. The van der Waals surface area contributed by atoms with Crippen molar-refractivity contribution in [3.63, 3.8) is 0 Å². The second-order valence-corrected chi connectivity index (χ2v) is 12.1. The van der Waals surface area contributed by atoms with Crippen molar-refractivity contribution >= 4 is 0 Å². The van der Waals surface area contributed by atoms with E-state index >= 15 is 0 Å². The minimum Gasteiger partial charge on any atom is -0.255 e. The Morgan fingerprint density at radius 3 is 1.33 bits per heavy atom. The lowest BCUT2D eigenvalue weighted by atomic mass is 9.64. The number of rotatable bonds is 3. The van der Waals surface area contributed by atoms with E-state index in [-0.39, 0.29) is 6.67 Å². The molecule has 3 aliphatic carbocycles. The lowest BCUT2D eigenvalue weighted by molar-refractivity contribution is -0.399. The van der Waals surface area contributed by atoms with Gasteiger partial charge in [0.1, 0.15) is 6.67 Å². The van der Waals surface area contributed by atoms with Crippen LogP contribution >= 0.6 is 0 Å². The fourth-order valence-corrected chi connectivity index (χ4v) is 6.14. The second-order valence-electron chi connectivity index (χ2n) is 12.1. The Kier molecular flexibility index (Phi) is 17.0. The van der Waals surface area contributed by atoms with Crippen molar-refractivity contribution in [2.75, 3.05) is 27.7 Å². The minimum atomic E-state index is -6.46. The van der Waals surface area contributed by atoms with Crippen molar-refractivity contribution in [2.24, 2.45) is 23.7 Å². The van der Waals surface area contributed by atoms with Crippen LogP contribution in [0.15, 0.2) is 0 Å². The van der Waals surface area contributed by atoms with E-state index in [9.17, 15) is 87.8 Å². The van der Waals surface area contributed by atoms with Crippen molar-refractivity contribution in [2.45, 2.75) is 125 Å². The minimum absolute atomic E-state index is 0.0961. The molecule has 0 aromatic rings. The molecule has 48 heavy (non-hydrogen) atoms. The Bertz CT molecular complexity index is 946. The molecule has 0 radical (unpaired) electrons. The van der Waals surface area contributed by atoms with Crippen LogP contribution in [0.1, 0.15) is 72.6 Å². The van der Waals surface area contributed by atoms with Crippen LogP contribution in [-0.2, 0) is 0 Å². The fourth-order valence-electron chi connectivity index (χ4n) is 6.14. The quantitative estimate of drug-likeness (QED) is 0.252. The van der Waals surface area contributed by atoms with Crippen LogP contribution in [0.3, 0.4) is 0 Å². The summed E-state index contributed by atoms with van der Waals surface area (Å²) in [6.45, 7) is 1.16. The molecule has 3 fully saturated rings. The van der Waals surface area contributed by atoms with E-state index in [2.05, 4.69) is 6.92 Å². The van der Waals surface area contributed by atoms with Gasteiger partial charge in [0.05, 0.1) is 21.0 Å². The summed E-state index contributed by atoms with van der Waals surface area (Å²) in [4.78, 5) is 0. The highest BCUT2D eigenvalue weighted by Crippen LogP contribution is 2.65. The van der Waals surface area contributed by atoms with E-state index < -0.39 is 104 Å². The lowest BCUT2D eigenvalue weighted by Gasteiger charge is -2.52. The smallest absolute Gasteiger partial charge is 0.255 e. The van der Waals surface area contributed by atoms with Gasteiger partial charge in [0.2, 0.25) is 5.67 Å². The van der Waals surface area contributed by atoms with Crippen LogP contribution in [-0.4, -0.2) is 80.5 Å². The molecule has 20 heteroatoms. The van der Waals surface area contributed by atoms with Gasteiger partial charge in [-0.1, -0.05) is 33.6 Å². The van der Waals surface area contributed by atoms with E-state index in [0.29, 0.717) is 26.2 Å². The molecule has 0 bridgehead atoms. The maximum atomic E-state index is 13.8. The van der Waals surface area contributed by atoms with Gasteiger partial charge < -0.3 is 0 Å². The molecule has 8 unspecified atom stereocenters. The third-order valence-electron chi connectivity index (χ3n) is 8.91. The van der Waals surface area contributed by atoms with Crippen LogP contribution in [0.2, 0.25) is 0 Å². The van der Waals surface area contributed by atoms with Crippen LogP contribution in [0.5, 0.6) is 0 Å². The summed E-state index contributed by atoms with van der Waals surface area (Å²) in [5.74, 6) is -17.7. The van der Waals surface area contributed by atoms with Gasteiger partial charge in [-0.05, 0) is 43.9 Å². The monoisotopic (exact) mass is 756 g/mol. The summed E-state index contributed by atoms with van der Waals surface area (Å²) < 4.78 is 253. The standard InChI is InChI=1S/C10H11F9.C9H10F8.C7H13F.2CH3F/c1-3-5-4-7(12,13)9(16,10(17,18)19)6(2,11)8(5,14)15;1-5-2-6(11,4-10)8(14,9(15,16)17)7(12,13)3-5;1-6-3-2-4-7(6)5-8;2*1-2/h5H,3-4H2,1-2H3;5H,2-4H2,1H3;6-7H,2-5H2,1H3;2*1H3. The molecule has 0 aromatic heterocycles.